The smallest absolute Gasteiger partial charge is 0.227 e. The van der Waals surface area contributed by atoms with Gasteiger partial charge in [0.1, 0.15) is 17.3 Å². The molecule has 0 aliphatic heterocycles. The highest BCUT2D eigenvalue weighted by Gasteiger charge is 2.30. The van der Waals surface area contributed by atoms with E-state index in [4.69, 9.17) is 17.3 Å². The number of halogens is 1. The fourth-order valence-corrected chi connectivity index (χ4v) is 2.49. The summed E-state index contributed by atoms with van der Waals surface area (Å²) in [6.07, 6.45) is 6.87. The van der Waals surface area contributed by atoms with E-state index >= 15 is 0 Å². The number of rotatable bonds is 3. The predicted molar refractivity (Wildman–Crippen MR) is 70.3 cm³/mol. The van der Waals surface area contributed by atoms with Gasteiger partial charge in [-0.2, -0.15) is 0 Å². The van der Waals surface area contributed by atoms with Crippen LogP contribution in [0.15, 0.2) is 12.4 Å². The van der Waals surface area contributed by atoms with Crippen LogP contribution >= 0.6 is 11.6 Å². The van der Waals surface area contributed by atoms with Gasteiger partial charge in [-0.25, -0.2) is 9.97 Å². The minimum Gasteiger partial charge on any atom is -0.325 e. The number of hydrogen-bond acceptors (Lipinski definition) is 4. The van der Waals surface area contributed by atoms with Crippen LogP contribution in [0.2, 0.25) is 5.15 Å². The van der Waals surface area contributed by atoms with Crippen LogP contribution in [0.1, 0.15) is 38.5 Å². The van der Waals surface area contributed by atoms with E-state index in [1.165, 1.54) is 18.8 Å². The second-order valence-corrected chi connectivity index (χ2v) is 5.26. The summed E-state index contributed by atoms with van der Waals surface area (Å²) in [6, 6.07) is 1.52. The fraction of sp³-hybridized carbons (Fsp3) is 0.583. The number of anilines is 1. The zero-order valence-electron chi connectivity index (χ0n) is 10.2. The minimum absolute atomic E-state index is 0.117. The summed E-state index contributed by atoms with van der Waals surface area (Å²) in [6.45, 7) is 0. The van der Waals surface area contributed by atoms with E-state index < -0.39 is 0 Å². The number of hydrogen-bond donors (Lipinski definition) is 2. The van der Waals surface area contributed by atoms with Crippen molar-refractivity contribution in [1.82, 2.24) is 9.97 Å². The zero-order valence-corrected chi connectivity index (χ0v) is 10.9. The minimum atomic E-state index is -0.362. The Labute approximate surface area is 111 Å². The van der Waals surface area contributed by atoms with Crippen LogP contribution in [0, 0.1) is 0 Å². The maximum absolute atomic E-state index is 11.9. The van der Waals surface area contributed by atoms with E-state index in [-0.39, 0.29) is 11.4 Å². The average molecular weight is 269 g/mol. The standard InChI is InChI=1S/C12H17ClN4O/c13-9-6-10(16-8-15-9)17-11(18)7-12(14)4-2-1-3-5-12/h6,8H,1-5,7,14H2,(H,15,16,17,18). The largest absolute Gasteiger partial charge is 0.325 e. The highest BCUT2D eigenvalue weighted by atomic mass is 35.5. The van der Waals surface area contributed by atoms with E-state index in [0.717, 1.165) is 25.7 Å². The van der Waals surface area contributed by atoms with Crippen molar-refractivity contribution in [2.24, 2.45) is 5.73 Å². The molecule has 3 N–H and O–H groups in total. The molecule has 2 rings (SSSR count). The molecule has 5 nitrogen and oxygen atoms in total. The number of aromatic nitrogens is 2. The highest BCUT2D eigenvalue weighted by Crippen LogP contribution is 2.28. The Balaban J connectivity index is 1.92. The van der Waals surface area contributed by atoms with Crippen molar-refractivity contribution in [2.45, 2.75) is 44.1 Å². The van der Waals surface area contributed by atoms with Gasteiger partial charge >= 0.3 is 0 Å². The van der Waals surface area contributed by atoms with E-state index in [9.17, 15) is 4.79 Å². The molecular weight excluding hydrogens is 252 g/mol. The molecule has 1 aliphatic carbocycles. The Kier molecular flexibility index (Phi) is 4.14. The normalized spacial score (nSPS) is 18.3. The van der Waals surface area contributed by atoms with Crippen molar-refractivity contribution in [3.63, 3.8) is 0 Å². The van der Waals surface area contributed by atoms with Gasteiger partial charge in [-0.15, -0.1) is 0 Å². The van der Waals surface area contributed by atoms with Crippen molar-refractivity contribution in [2.75, 3.05) is 5.32 Å². The Morgan fingerprint density at radius 3 is 2.78 bits per heavy atom. The number of carbonyl (C=O) groups excluding carboxylic acids is 1. The molecule has 1 aromatic rings. The molecule has 1 fully saturated rings. The Bertz CT molecular complexity index is 432. The topological polar surface area (TPSA) is 80.9 Å². The Hall–Kier alpha value is -1.20. The zero-order chi connectivity index (χ0) is 13.0. The molecule has 0 bridgehead atoms. The van der Waals surface area contributed by atoms with Crippen LogP contribution in [0.4, 0.5) is 5.82 Å². The number of carbonyl (C=O) groups is 1. The highest BCUT2D eigenvalue weighted by molar-refractivity contribution is 6.29. The van der Waals surface area contributed by atoms with Gasteiger partial charge in [0.25, 0.3) is 0 Å². The molecule has 1 amide bonds. The molecular formula is C12H17ClN4O. The molecule has 1 aromatic heterocycles. The van der Waals surface area contributed by atoms with Gasteiger partial charge in [-0.05, 0) is 12.8 Å². The summed E-state index contributed by atoms with van der Waals surface area (Å²) in [5.74, 6) is 0.300. The third kappa shape index (κ3) is 3.65. The molecule has 0 radical (unpaired) electrons. The van der Waals surface area contributed by atoms with E-state index in [2.05, 4.69) is 15.3 Å². The van der Waals surface area contributed by atoms with E-state index in [1.807, 2.05) is 0 Å². The van der Waals surface area contributed by atoms with Gasteiger partial charge in [-0.1, -0.05) is 30.9 Å². The second-order valence-electron chi connectivity index (χ2n) is 4.87. The lowest BCUT2D eigenvalue weighted by atomic mass is 9.80. The Morgan fingerprint density at radius 2 is 2.11 bits per heavy atom. The third-order valence-corrected chi connectivity index (χ3v) is 3.47. The van der Waals surface area contributed by atoms with Crippen LogP contribution < -0.4 is 11.1 Å². The molecule has 1 saturated carbocycles. The monoisotopic (exact) mass is 268 g/mol. The lowest BCUT2D eigenvalue weighted by molar-refractivity contribution is -0.117. The maximum atomic E-state index is 11.9. The molecule has 0 atom stereocenters. The quantitative estimate of drug-likeness (QED) is 0.823. The molecule has 6 heteroatoms. The first-order chi connectivity index (χ1) is 8.57. The van der Waals surface area contributed by atoms with Crippen molar-refractivity contribution in [3.05, 3.63) is 17.5 Å². The number of nitrogens with two attached hydrogens (primary N) is 1. The molecule has 0 aromatic carbocycles. The molecule has 0 spiro atoms. The van der Waals surface area contributed by atoms with Crippen molar-refractivity contribution in [1.29, 1.82) is 0 Å². The van der Waals surface area contributed by atoms with Gasteiger partial charge in [0.2, 0.25) is 5.91 Å². The van der Waals surface area contributed by atoms with Crippen molar-refractivity contribution in [3.8, 4) is 0 Å². The van der Waals surface area contributed by atoms with E-state index in [0.29, 0.717) is 17.4 Å². The van der Waals surface area contributed by atoms with Gasteiger partial charge in [-0.3, -0.25) is 4.79 Å². The third-order valence-electron chi connectivity index (χ3n) is 3.26. The average Bonchev–Trinajstić information content (AvgIpc) is 2.28. The van der Waals surface area contributed by atoms with Gasteiger partial charge in [0.15, 0.2) is 0 Å². The Morgan fingerprint density at radius 1 is 1.39 bits per heavy atom. The van der Waals surface area contributed by atoms with Crippen LogP contribution in [-0.2, 0) is 4.79 Å². The van der Waals surface area contributed by atoms with Gasteiger partial charge in [0.05, 0.1) is 0 Å². The van der Waals surface area contributed by atoms with E-state index in [1.54, 1.807) is 0 Å². The summed E-state index contributed by atoms with van der Waals surface area (Å²) in [4.78, 5) is 19.6. The van der Waals surface area contributed by atoms with Crippen LogP contribution in [-0.4, -0.2) is 21.4 Å². The van der Waals surface area contributed by atoms with Gasteiger partial charge in [0, 0.05) is 18.0 Å². The van der Waals surface area contributed by atoms with Crippen LogP contribution in [0.5, 0.6) is 0 Å². The number of nitrogens with zero attached hydrogens (tertiary/aromatic N) is 2. The molecule has 18 heavy (non-hydrogen) atoms. The first kappa shape index (κ1) is 13.2. The number of amides is 1. The summed E-state index contributed by atoms with van der Waals surface area (Å²) in [5, 5.41) is 3.01. The molecule has 1 aliphatic rings. The fourth-order valence-electron chi connectivity index (χ4n) is 2.34. The lowest BCUT2D eigenvalue weighted by Crippen LogP contribution is -2.44. The summed E-state index contributed by atoms with van der Waals surface area (Å²) in [5.41, 5.74) is 5.86. The second kappa shape index (κ2) is 5.63. The van der Waals surface area contributed by atoms with Crippen LogP contribution in [0.25, 0.3) is 0 Å². The number of nitrogens with one attached hydrogen (secondary N) is 1. The molecule has 1 heterocycles. The van der Waals surface area contributed by atoms with Crippen molar-refractivity contribution < 1.29 is 4.79 Å². The first-order valence-electron chi connectivity index (χ1n) is 6.14. The summed E-state index contributed by atoms with van der Waals surface area (Å²) in [7, 11) is 0. The molecule has 0 saturated heterocycles. The van der Waals surface area contributed by atoms with Crippen molar-refractivity contribution >= 4 is 23.3 Å². The van der Waals surface area contributed by atoms with Crippen LogP contribution in [0.3, 0.4) is 0 Å². The lowest BCUT2D eigenvalue weighted by Gasteiger charge is -2.32. The first-order valence-corrected chi connectivity index (χ1v) is 6.51. The van der Waals surface area contributed by atoms with Gasteiger partial charge < -0.3 is 11.1 Å². The maximum Gasteiger partial charge on any atom is 0.227 e. The summed E-state index contributed by atoms with van der Waals surface area (Å²) < 4.78 is 0. The SMILES string of the molecule is NC1(CC(=O)Nc2cc(Cl)ncn2)CCCCC1. The predicted octanol–water partition coefficient (Wildman–Crippen LogP) is 2.12. The molecule has 98 valence electrons. The summed E-state index contributed by atoms with van der Waals surface area (Å²) >= 11 is 5.72. The molecule has 0 unspecified atom stereocenters.